The second kappa shape index (κ2) is 9.98. The predicted molar refractivity (Wildman–Crippen MR) is 149 cm³/mol. The zero-order chi connectivity index (χ0) is 28.2. The average molecular weight is 551 g/mol. The van der Waals surface area contributed by atoms with Crippen LogP contribution in [-0.4, -0.2) is 82.4 Å². The van der Waals surface area contributed by atoms with Gasteiger partial charge in [-0.1, -0.05) is 6.92 Å². The molecule has 10 heteroatoms. The van der Waals surface area contributed by atoms with E-state index in [-0.39, 0.29) is 40.6 Å². The number of ether oxygens (including phenoxy) is 1. The number of halogens is 1. The quantitative estimate of drug-likeness (QED) is 0.560. The third-order valence-electron chi connectivity index (χ3n) is 9.49. The molecule has 1 spiro atoms. The maximum absolute atomic E-state index is 14.2. The van der Waals surface area contributed by atoms with Crippen LogP contribution in [0.25, 0.3) is 0 Å². The number of aromatic nitrogens is 2. The van der Waals surface area contributed by atoms with Gasteiger partial charge in [-0.2, -0.15) is 0 Å². The van der Waals surface area contributed by atoms with Crippen LogP contribution in [-0.2, 0) is 4.79 Å². The number of carbonyl (C=O) groups excluding carboxylic acids is 2. The normalized spacial score (nSPS) is 26.4. The molecule has 4 fully saturated rings. The van der Waals surface area contributed by atoms with Crippen molar-refractivity contribution in [2.24, 2.45) is 10.8 Å². The number of nitrogens with one attached hydrogen (secondary N) is 1. The summed E-state index contributed by atoms with van der Waals surface area (Å²) in [6.07, 6.45) is 7.15. The maximum Gasteiger partial charge on any atom is 0.257 e. The van der Waals surface area contributed by atoms with E-state index >= 15 is 0 Å². The van der Waals surface area contributed by atoms with E-state index in [9.17, 15) is 14.0 Å². The average Bonchev–Trinajstić information content (AvgIpc) is 3.43. The second-order valence-corrected chi connectivity index (χ2v) is 12.7. The molecule has 4 aliphatic rings. The Balaban J connectivity index is 1.11. The van der Waals surface area contributed by atoms with Gasteiger partial charge in [-0.15, -0.1) is 0 Å². The third-order valence-corrected chi connectivity index (χ3v) is 9.49. The van der Waals surface area contributed by atoms with Crippen molar-refractivity contribution in [2.45, 2.75) is 71.5 Å². The molecule has 3 atom stereocenters. The number of hydrogen-bond donors (Lipinski definition) is 1. The van der Waals surface area contributed by atoms with Crippen molar-refractivity contribution in [2.75, 3.05) is 37.6 Å². The third kappa shape index (κ3) is 4.80. The Morgan fingerprint density at radius 2 is 1.95 bits per heavy atom. The smallest absolute Gasteiger partial charge is 0.257 e. The highest BCUT2D eigenvalue weighted by Gasteiger charge is 2.58. The van der Waals surface area contributed by atoms with Crippen molar-refractivity contribution in [1.29, 1.82) is 0 Å². The Hall–Kier alpha value is -3.27. The first kappa shape index (κ1) is 26.9. The van der Waals surface area contributed by atoms with Crippen molar-refractivity contribution in [1.82, 2.24) is 25.1 Å². The van der Waals surface area contributed by atoms with Gasteiger partial charge in [0, 0.05) is 50.2 Å². The van der Waals surface area contributed by atoms with Gasteiger partial charge in [-0.3, -0.25) is 9.59 Å². The molecule has 9 nitrogen and oxygen atoms in total. The minimum Gasteiger partial charge on any atom is -0.451 e. The number of fused-ring (bicyclic) bond motifs is 1. The van der Waals surface area contributed by atoms with E-state index in [1.54, 1.807) is 11.1 Å². The highest BCUT2D eigenvalue weighted by atomic mass is 19.1. The molecule has 1 N–H and O–H groups in total. The summed E-state index contributed by atoms with van der Waals surface area (Å²) in [5.41, 5.74) is 0.645. The van der Waals surface area contributed by atoms with E-state index in [0.717, 1.165) is 45.4 Å². The number of benzene rings is 1. The van der Waals surface area contributed by atoms with Crippen LogP contribution in [0.1, 0.15) is 63.7 Å². The summed E-state index contributed by atoms with van der Waals surface area (Å²) < 4.78 is 20.4. The molecule has 1 aromatic heterocycles. The summed E-state index contributed by atoms with van der Waals surface area (Å²) in [4.78, 5) is 40.9. The van der Waals surface area contributed by atoms with Crippen molar-refractivity contribution >= 4 is 17.6 Å². The molecule has 2 aromatic rings. The monoisotopic (exact) mass is 550 g/mol. The Bertz CT molecular complexity index is 1300. The van der Waals surface area contributed by atoms with Crippen LogP contribution in [0, 0.1) is 16.6 Å². The van der Waals surface area contributed by atoms with Gasteiger partial charge in [0.15, 0.2) is 11.6 Å². The van der Waals surface area contributed by atoms with Gasteiger partial charge < -0.3 is 24.8 Å². The fraction of sp³-hybridized carbons (Fsp3) is 0.600. The Kier molecular flexibility index (Phi) is 6.71. The van der Waals surface area contributed by atoms with Crippen LogP contribution in [0.3, 0.4) is 0 Å². The summed E-state index contributed by atoms with van der Waals surface area (Å²) in [5, 5.41) is 3.53. The first-order chi connectivity index (χ1) is 19.1. The number of amides is 2. The van der Waals surface area contributed by atoms with Gasteiger partial charge in [0.1, 0.15) is 17.9 Å². The van der Waals surface area contributed by atoms with Crippen molar-refractivity contribution in [3.05, 3.63) is 42.1 Å². The summed E-state index contributed by atoms with van der Waals surface area (Å²) >= 11 is 0. The van der Waals surface area contributed by atoms with Crippen LogP contribution in [0.5, 0.6) is 11.5 Å². The van der Waals surface area contributed by atoms with Gasteiger partial charge in [-0.05, 0) is 70.1 Å². The molecule has 0 unspecified atom stereocenters. The molecule has 2 amide bonds. The second-order valence-electron chi connectivity index (χ2n) is 12.7. The molecule has 6 rings (SSSR count). The standard InChI is InChI=1S/C30H39FN6O3/c1-5-37(19(2)3)27(38)21-12-20(31)6-7-23(21)40-24-15-32-18-33-26(24)36-16-30(17-36)8-10-35(11-9-30)28(39)22-13-29(4)14-25(29)34-22/h6-7,12,15,18-19,22,25,34H,5,8-11,13-14,16-17H2,1-4H3/t22-,25+,29-/m0/s1. The van der Waals surface area contributed by atoms with Gasteiger partial charge >= 0.3 is 0 Å². The number of piperidine rings is 2. The topological polar surface area (TPSA) is 90.9 Å². The lowest BCUT2D eigenvalue weighted by Crippen LogP contribution is -2.62. The fourth-order valence-electron chi connectivity index (χ4n) is 6.87. The number of carbonyl (C=O) groups is 2. The minimum absolute atomic E-state index is 0.0235. The Morgan fingerprint density at radius 3 is 2.60 bits per heavy atom. The van der Waals surface area contributed by atoms with E-state index in [1.807, 2.05) is 25.7 Å². The number of hydrogen-bond acceptors (Lipinski definition) is 7. The molecule has 0 radical (unpaired) electrons. The first-order valence-corrected chi connectivity index (χ1v) is 14.5. The lowest BCUT2D eigenvalue weighted by Gasteiger charge is -2.54. The van der Waals surface area contributed by atoms with Gasteiger partial charge in [-0.25, -0.2) is 14.4 Å². The van der Waals surface area contributed by atoms with Gasteiger partial charge in [0.2, 0.25) is 5.91 Å². The Morgan fingerprint density at radius 1 is 1.20 bits per heavy atom. The number of nitrogens with zero attached hydrogens (tertiary/aromatic N) is 5. The highest BCUT2D eigenvalue weighted by molar-refractivity contribution is 5.97. The van der Waals surface area contributed by atoms with Crippen LogP contribution < -0.4 is 15.0 Å². The van der Waals surface area contributed by atoms with Gasteiger partial charge in [0.05, 0.1) is 17.8 Å². The molecule has 3 saturated heterocycles. The largest absolute Gasteiger partial charge is 0.451 e. The summed E-state index contributed by atoms with van der Waals surface area (Å²) in [6.45, 7) is 11.7. The number of likely N-dealkylation sites (tertiary alicyclic amines) is 1. The van der Waals surface area contributed by atoms with E-state index in [4.69, 9.17) is 4.74 Å². The van der Waals surface area contributed by atoms with Crippen LogP contribution >= 0.6 is 0 Å². The van der Waals surface area contributed by atoms with Gasteiger partial charge in [0.25, 0.3) is 5.91 Å². The summed E-state index contributed by atoms with van der Waals surface area (Å²) in [5.74, 6) is 0.835. The van der Waals surface area contributed by atoms with Crippen molar-refractivity contribution in [3.63, 3.8) is 0 Å². The van der Waals surface area contributed by atoms with E-state index in [1.165, 1.54) is 30.9 Å². The molecule has 3 aliphatic heterocycles. The molecule has 1 aliphatic carbocycles. The number of rotatable bonds is 7. The molecular formula is C30H39FN6O3. The molecular weight excluding hydrogens is 511 g/mol. The fourth-order valence-corrected chi connectivity index (χ4v) is 6.87. The molecule has 1 saturated carbocycles. The highest BCUT2D eigenvalue weighted by Crippen LogP contribution is 2.54. The summed E-state index contributed by atoms with van der Waals surface area (Å²) in [7, 11) is 0. The van der Waals surface area contributed by atoms with E-state index < -0.39 is 5.82 Å². The van der Waals surface area contributed by atoms with Crippen molar-refractivity contribution in [3.8, 4) is 11.5 Å². The lowest BCUT2D eigenvalue weighted by molar-refractivity contribution is -0.136. The minimum atomic E-state index is -0.496. The molecule has 1 aromatic carbocycles. The van der Waals surface area contributed by atoms with Crippen molar-refractivity contribution < 1.29 is 18.7 Å². The number of anilines is 1. The lowest BCUT2D eigenvalue weighted by atomic mass is 9.72. The maximum atomic E-state index is 14.2. The molecule has 0 bridgehead atoms. The van der Waals surface area contributed by atoms with Crippen LogP contribution in [0.2, 0.25) is 0 Å². The van der Waals surface area contributed by atoms with E-state index in [2.05, 4.69) is 27.1 Å². The Labute approximate surface area is 235 Å². The molecule has 214 valence electrons. The summed E-state index contributed by atoms with van der Waals surface area (Å²) in [6, 6.07) is 4.47. The zero-order valence-corrected chi connectivity index (χ0v) is 23.8. The molecule has 4 heterocycles. The SMILES string of the molecule is CCN(C(=O)c1cc(F)ccc1Oc1cncnc1N1CC2(CCN(C(=O)[C@@H]3C[C@@]4(C)C[C@H]4N3)CC2)C1)C(C)C. The predicted octanol–water partition coefficient (Wildman–Crippen LogP) is 3.85. The zero-order valence-electron chi connectivity index (χ0n) is 23.8. The van der Waals surface area contributed by atoms with Crippen LogP contribution in [0.4, 0.5) is 10.2 Å². The molecule has 40 heavy (non-hydrogen) atoms. The van der Waals surface area contributed by atoms with Crippen LogP contribution in [0.15, 0.2) is 30.7 Å². The van der Waals surface area contributed by atoms with E-state index in [0.29, 0.717) is 29.6 Å². The first-order valence-electron chi connectivity index (χ1n) is 14.5.